The summed E-state index contributed by atoms with van der Waals surface area (Å²) in [5.74, 6) is -0.128. The van der Waals surface area contributed by atoms with E-state index in [4.69, 9.17) is 11.6 Å². The molecule has 7 heteroatoms. The Kier molecular flexibility index (Phi) is 5.85. The molecule has 4 aromatic rings. The van der Waals surface area contributed by atoms with E-state index in [-0.39, 0.29) is 16.3 Å². The van der Waals surface area contributed by atoms with Gasteiger partial charge in [0.15, 0.2) is 0 Å². The average Bonchev–Trinajstić information content (AvgIpc) is 3.00. The van der Waals surface area contributed by atoms with Gasteiger partial charge in [0, 0.05) is 9.37 Å². The second-order valence-electron chi connectivity index (χ2n) is 6.36. The molecule has 0 aliphatic rings. The molecule has 0 saturated heterocycles. The standard InChI is InChI=1S/C22H16BrClN2O2S/c23-16-12-10-15(11-13-16)19(14-6-2-1-3-7-14)26-22(28)20(21(27)25-26)29-18-9-5-4-8-17(18)24/h1-13,19,28H,(H,25,27). The lowest BCUT2D eigenvalue weighted by Crippen LogP contribution is -2.15. The Morgan fingerprint density at radius 2 is 1.55 bits per heavy atom. The highest BCUT2D eigenvalue weighted by atomic mass is 79.9. The van der Waals surface area contributed by atoms with Gasteiger partial charge in [-0.05, 0) is 35.4 Å². The summed E-state index contributed by atoms with van der Waals surface area (Å²) < 4.78 is 2.45. The van der Waals surface area contributed by atoms with Crippen molar-refractivity contribution in [1.29, 1.82) is 0 Å². The highest BCUT2D eigenvalue weighted by molar-refractivity contribution is 9.10. The van der Waals surface area contributed by atoms with E-state index in [2.05, 4.69) is 21.0 Å². The van der Waals surface area contributed by atoms with Crippen molar-refractivity contribution in [2.45, 2.75) is 15.8 Å². The van der Waals surface area contributed by atoms with Crippen LogP contribution in [0.1, 0.15) is 17.2 Å². The van der Waals surface area contributed by atoms with Crippen molar-refractivity contribution in [2.24, 2.45) is 0 Å². The maximum Gasteiger partial charge on any atom is 0.282 e. The summed E-state index contributed by atoms with van der Waals surface area (Å²) in [5, 5.41) is 14.3. The highest BCUT2D eigenvalue weighted by Crippen LogP contribution is 2.38. The first-order valence-corrected chi connectivity index (χ1v) is 10.8. The third-order valence-corrected chi connectivity index (χ3v) is 6.59. The smallest absolute Gasteiger partial charge is 0.282 e. The van der Waals surface area contributed by atoms with Gasteiger partial charge in [0.1, 0.15) is 10.9 Å². The summed E-state index contributed by atoms with van der Waals surface area (Å²) in [6, 6.07) is 24.3. The van der Waals surface area contributed by atoms with E-state index < -0.39 is 6.04 Å². The predicted molar refractivity (Wildman–Crippen MR) is 120 cm³/mol. The molecule has 2 N–H and O–H groups in total. The largest absolute Gasteiger partial charge is 0.493 e. The van der Waals surface area contributed by atoms with E-state index in [1.165, 1.54) is 4.68 Å². The summed E-state index contributed by atoms with van der Waals surface area (Å²) in [6.45, 7) is 0. The monoisotopic (exact) mass is 486 g/mol. The zero-order valence-electron chi connectivity index (χ0n) is 15.0. The maximum absolute atomic E-state index is 12.7. The summed E-state index contributed by atoms with van der Waals surface area (Å²) >= 11 is 10.8. The number of nitrogens with zero attached hydrogens (tertiary/aromatic N) is 1. The van der Waals surface area contributed by atoms with Crippen LogP contribution in [0.2, 0.25) is 5.02 Å². The zero-order chi connectivity index (χ0) is 20.4. The van der Waals surface area contributed by atoms with Gasteiger partial charge in [-0.2, -0.15) is 0 Å². The molecule has 1 unspecified atom stereocenters. The minimum atomic E-state index is -0.391. The first-order valence-electron chi connectivity index (χ1n) is 8.81. The van der Waals surface area contributed by atoms with Crippen LogP contribution in [0.25, 0.3) is 0 Å². The Labute approximate surface area is 185 Å². The van der Waals surface area contributed by atoms with Gasteiger partial charge in [0.25, 0.3) is 5.56 Å². The van der Waals surface area contributed by atoms with Crippen molar-refractivity contribution < 1.29 is 5.11 Å². The number of aromatic nitrogens is 2. The fraction of sp³-hybridized carbons (Fsp3) is 0.0455. The van der Waals surface area contributed by atoms with Crippen LogP contribution >= 0.6 is 39.3 Å². The minimum absolute atomic E-state index is 0.128. The fourth-order valence-electron chi connectivity index (χ4n) is 3.11. The first-order chi connectivity index (χ1) is 14.0. The zero-order valence-corrected chi connectivity index (χ0v) is 18.2. The molecule has 0 radical (unpaired) electrons. The van der Waals surface area contributed by atoms with E-state index in [0.717, 1.165) is 27.4 Å². The normalized spacial score (nSPS) is 12.1. The van der Waals surface area contributed by atoms with Crippen molar-refractivity contribution in [1.82, 2.24) is 9.78 Å². The van der Waals surface area contributed by atoms with Crippen LogP contribution in [0.4, 0.5) is 0 Å². The van der Waals surface area contributed by atoms with Gasteiger partial charge in [-0.15, -0.1) is 0 Å². The number of aromatic amines is 1. The van der Waals surface area contributed by atoms with Crippen LogP contribution in [0.3, 0.4) is 0 Å². The summed E-state index contributed by atoms with van der Waals surface area (Å²) in [4.78, 5) is 13.6. The lowest BCUT2D eigenvalue weighted by molar-refractivity contribution is 0.384. The molecule has 3 aromatic carbocycles. The van der Waals surface area contributed by atoms with Gasteiger partial charge in [-0.1, -0.05) is 93.9 Å². The molecule has 29 heavy (non-hydrogen) atoms. The Bertz CT molecular complexity index is 1190. The number of H-pyrrole nitrogens is 1. The fourth-order valence-corrected chi connectivity index (χ4v) is 4.49. The quantitative estimate of drug-likeness (QED) is 0.358. The van der Waals surface area contributed by atoms with Gasteiger partial charge in [0.2, 0.25) is 5.88 Å². The van der Waals surface area contributed by atoms with Gasteiger partial charge >= 0.3 is 0 Å². The van der Waals surface area contributed by atoms with Crippen LogP contribution in [-0.2, 0) is 0 Å². The molecule has 1 atom stereocenters. The third kappa shape index (κ3) is 4.15. The SMILES string of the molecule is O=c1[nH]n(C(c2ccccc2)c2ccc(Br)cc2)c(O)c1Sc1ccccc1Cl. The van der Waals surface area contributed by atoms with Gasteiger partial charge < -0.3 is 5.11 Å². The van der Waals surface area contributed by atoms with Crippen molar-refractivity contribution >= 4 is 39.3 Å². The molecular formula is C22H16BrClN2O2S. The summed E-state index contributed by atoms with van der Waals surface area (Å²) in [6.07, 6.45) is 0. The van der Waals surface area contributed by atoms with E-state index in [9.17, 15) is 9.90 Å². The number of aromatic hydroxyl groups is 1. The molecule has 146 valence electrons. The number of rotatable bonds is 5. The molecule has 0 aliphatic carbocycles. The van der Waals surface area contributed by atoms with Crippen LogP contribution in [0.15, 0.2) is 97.9 Å². The van der Waals surface area contributed by atoms with Gasteiger partial charge in [-0.25, -0.2) is 4.68 Å². The molecule has 0 fully saturated rings. The summed E-state index contributed by atoms with van der Waals surface area (Å²) in [5.41, 5.74) is 1.49. The molecule has 0 saturated carbocycles. The molecule has 1 aromatic heterocycles. The van der Waals surface area contributed by atoms with Crippen LogP contribution < -0.4 is 5.56 Å². The third-order valence-electron chi connectivity index (χ3n) is 4.47. The lowest BCUT2D eigenvalue weighted by Gasteiger charge is -2.20. The van der Waals surface area contributed by atoms with E-state index >= 15 is 0 Å². The van der Waals surface area contributed by atoms with Gasteiger partial charge in [0.05, 0.1) is 5.02 Å². The maximum atomic E-state index is 12.7. The van der Waals surface area contributed by atoms with Crippen LogP contribution in [-0.4, -0.2) is 14.9 Å². The highest BCUT2D eigenvalue weighted by Gasteiger charge is 2.24. The van der Waals surface area contributed by atoms with E-state index in [0.29, 0.717) is 9.92 Å². The number of nitrogens with one attached hydrogen (secondary N) is 1. The van der Waals surface area contributed by atoms with Gasteiger partial charge in [-0.3, -0.25) is 9.89 Å². The average molecular weight is 488 g/mol. The van der Waals surface area contributed by atoms with Crippen molar-refractivity contribution in [3.63, 3.8) is 0 Å². The number of benzene rings is 3. The Hall–Kier alpha value is -2.41. The molecule has 0 spiro atoms. The summed E-state index contributed by atoms with van der Waals surface area (Å²) in [7, 11) is 0. The van der Waals surface area contributed by atoms with E-state index in [1.54, 1.807) is 6.07 Å². The van der Waals surface area contributed by atoms with Crippen LogP contribution in [0, 0.1) is 0 Å². The van der Waals surface area contributed by atoms with Crippen molar-refractivity contribution in [3.8, 4) is 5.88 Å². The number of hydrogen-bond donors (Lipinski definition) is 2. The molecule has 0 bridgehead atoms. The van der Waals surface area contributed by atoms with E-state index in [1.807, 2.05) is 72.8 Å². The topological polar surface area (TPSA) is 58.0 Å². The second kappa shape index (κ2) is 8.53. The van der Waals surface area contributed by atoms with Crippen molar-refractivity contribution in [2.75, 3.05) is 0 Å². The molecular weight excluding hydrogens is 472 g/mol. The molecule has 4 rings (SSSR count). The molecule has 1 heterocycles. The second-order valence-corrected chi connectivity index (χ2v) is 8.74. The number of hydrogen-bond acceptors (Lipinski definition) is 3. The Morgan fingerprint density at radius 3 is 2.24 bits per heavy atom. The number of halogens is 2. The lowest BCUT2D eigenvalue weighted by atomic mass is 9.99. The van der Waals surface area contributed by atoms with Crippen molar-refractivity contribution in [3.05, 3.63) is 110 Å². The molecule has 0 aliphatic heterocycles. The molecule has 4 nitrogen and oxygen atoms in total. The first kappa shape index (κ1) is 19.9. The Morgan fingerprint density at radius 1 is 0.931 bits per heavy atom. The minimum Gasteiger partial charge on any atom is -0.493 e. The predicted octanol–water partition coefficient (Wildman–Crippen LogP) is 6.09. The van der Waals surface area contributed by atoms with Crippen LogP contribution in [0.5, 0.6) is 5.88 Å². The Balaban J connectivity index is 1.83. The molecule has 0 amide bonds.